The summed E-state index contributed by atoms with van der Waals surface area (Å²) in [4.78, 5) is 3.47. The van der Waals surface area contributed by atoms with Gasteiger partial charge in [0.2, 0.25) is 0 Å². The Morgan fingerprint density at radius 1 is 1.15 bits per heavy atom. The molecule has 2 N–H and O–H groups in total. The molecule has 0 aliphatic heterocycles. The lowest BCUT2D eigenvalue weighted by molar-refractivity contribution is 0.295. The number of aromatic nitrogens is 1. The standard InChI is InChI=1S/C18H24N2/c1-11(2)20-18-13-8-7-12(9-13)17(18)15-10-19-16-6-4-3-5-14(15)16/h3-6,10-13,17-20H,7-9H2,1-2H3/t12-,13+,17-,18+/m1/s1. The Morgan fingerprint density at radius 3 is 2.80 bits per heavy atom. The number of rotatable bonds is 3. The van der Waals surface area contributed by atoms with Gasteiger partial charge in [-0.15, -0.1) is 0 Å². The Hall–Kier alpha value is -1.28. The quantitative estimate of drug-likeness (QED) is 0.863. The second-order valence-corrected chi connectivity index (χ2v) is 7.00. The minimum atomic E-state index is 0.576. The zero-order valence-electron chi connectivity index (χ0n) is 12.4. The summed E-state index contributed by atoms with van der Waals surface area (Å²) in [5.41, 5.74) is 2.83. The number of aromatic amines is 1. The molecule has 0 saturated heterocycles. The second-order valence-electron chi connectivity index (χ2n) is 7.00. The molecule has 2 bridgehead atoms. The molecule has 4 rings (SSSR count). The first-order chi connectivity index (χ1) is 9.74. The van der Waals surface area contributed by atoms with Gasteiger partial charge < -0.3 is 10.3 Å². The molecular weight excluding hydrogens is 244 g/mol. The topological polar surface area (TPSA) is 27.8 Å². The van der Waals surface area contributed by atoms with Gasteiger partial charge in [0.25, 0.3) is 0 Å². The van der Waals surface area contributed by atoms with Gasteiger partial charge in [0.05, 0.1) is 0 Å². The van der Waals surface area contributed by atoms with Crippen molar-refractivity contribution in [1.29, 1.82) is 0 Å². The van der Waals surface area contributed by atoms with Gasteiger partial charge in [-0.2, -0.15) is 0 Å². The third-order valence-corrected chi connectivity index (χ3v) is 5.42. The first-order valence-corrected chi connectivity index (χ1v) is 8.06. The largest absolute Gasteiger partial charge is 0.361 e. The van der Waals surface area contributed by atoms with Crippen molar-refractivity contribution in [3.05, 3.63) is 36.0 Å². The number of hydrogen-bond donors (Lipinski definition) is 2. The van der Waals surface area contributed by atoms with Crippen LogP contribution in [0, 0.1) is 11.8 Å². The molecule has 106 valence electrons. The van der Waals surface area contributed by atoms with Crippen LogP contribution >= 0.6 is 0 Å². The Balaban J connectivity index is 1.75. The first kappa shape index (κ1) is 12.5. The lowest BCUT2D eigenvalue weighted by Gasteiger charge is -2.33. The van der Waals surface area contributed by atoms with Crippen molar-refractivity contribution in [2.24, 2.45) is 11.8 Å². The molecular formula is C18H24N2. The molecule has 0 amide bonds. The van der Waals surface area contributed by atoms with E-state index in [4.69, 9.17) is 0 Å². The van der Waals surface area contributed by atoms with E-state index in [0.29, 0.717) is 18.0 Å². The molecule has 2 saturated carbocycles. The van der Waals surface area contributed by atoms with E-state index >= 15 is 0 Å². The molecule has 2 aromatic rings. The highest BCUT2D eigenvalue weighted by molar-refractivity contribution is 5.83. The lowest BCUT2D eigenvalue weighted by atomic mass is 9.79. The zero-order valence-corrected chi connectivity index (χ0v) is 12.4. The second kappa shape index (κ2) is 4.63. The van der Waals surface area contributed by atoms with Crippen LogP contribution in [0.4, 0.5) is 0 Å². The van der Waals surface area contributed by atoms with Crippen LogP contribution < -0.4 is 5.32 Å². The van der Waals surface area contributed by atoms with Gasteiger partial charge in [0.1, 0.15) is 0 Å². The maximum Gasteiger partial charge on any atom is 0.0456 e. The summed E-state index contributed by atoms with van der Waals surface area (Å²) in [7, 11) is 0. The Bertz CT molecular complexity index is 613. The highest BCUT2D eigenvalue weighted by Gasteiger charge is 2.48. The van der Waals surface area contributed by atoms with Gasteiger partial charge in [-0.1, -0.05) is 32.0 Å². The summed E-state index contributed by atoms with van der Waals surface area (Å²) in [6, 6.07) is 10.0. The van der Waals surface area contributed by atoms with Gasteiger partial charge in [0.15, 0.2) is 0 Å². The predicted octanol–water partition coefficient (Wildman–Crippen LogP) is 4.05. The average molecular weight is 268 g/mol. The molecule has 2 aliphatic rings. The number of benzene rings is 1. The Kier molecular flexibility index (Phi) is 2.88. The molecule has 1 heterocycles. The molecule has 0 radical (unpaired) electrons. The highest BCUT2D eigenvalue weighted by Crippen LogP contribution is 2.54. The van der Waals surface area contributed by atoms with Crippen molar-refractivity contribution >= 4 is 10.9 Å². The van der Waals surface area contributed by atoms with Crippen molar-refractivity contribution < 1.29 is 0 Å². The van der Waals surface area contributed by atoms with Crippen molar-refractivity contribution in [2.45, 2.75) is 51.1 Å². The average Bonchev–Trinajstić information content (AvgIpc) is 3.11. The third kappa shape index (κ3) is 1.81. The van der Waals surface area contributed by atoms with E-state index < -0.39 is 0 Å². The summed E-state index contributed by atoms with van der Waals surface area (Å²) in [6.07, 6.45) is 6.54. The van der Waals surface area contributed by atoms with Gasteiger partial charge in [-0.3, -0.25) is 0 Å². The van der Waals surface area contributed by atoms with Crippen LogP contribution in [0.1, 0.15) is 44.6 Å². The van der Waals surface area contributed by atoms with Crippen LogP contribution in [-0.2, 0) is 0 Å². The molecule has 1 aromatic heterocycles. The summed E-state index contributed by atoms with van der Waals surface area (Å²) < 4.78 is 0. The fourth-order valence-corrected chi connectivity index (χ4v) is 4.73. The lowest BCUT2D eigenvalue weighted by Crippen LogP contribution is -2.42. The molecule has 1 aromatic carbocycles. The molecule has 20 heavy (non-hydrogen) atoms. The zero-order chi connectivity index (χ0) is 13.7. The van der Waals surface area contributed by atoms with E-state index in [-0.39, 0.29) is 0 Å². The number of fused-ring (bicyclic) bond motifs is 3. The fraction of sp³-hybridized carbons (Fsp3) is 0.556. The maximum absolute atomic E-state index is 3.86. The summed E-state index contributed by atoms with van der Waals surface area (Å²) in [6.45, 7) is 4.55. The van der Waals surface area contributed by atoms with Gasteiger partial charge in [0, 0.05) is 35.1 Å². The summed E-state index contributed by atoms with van der Waals surface area (Å²) in [5.74, 6) is 2.48. The van der Waals surface area contributed by atoms with Gasteiger partial charge >= 0.3 is 0 Å². The highest BCUT2D eigenvalue weighted by atomic mass is 15.0. The van der Waals surface area contributed by atoms with Crippen LogP contribution in [0.5, 0.6) is 0 Å². The van der Waals surface area contributed by atoms with Crippen LogP contribution in [-0.4, -0.2) is 17.1 Å². The van der Waals surface area contributed by atoms with Crippen LogP contribution in [0.15, 0.2) is 30.5 Å². The van der Waals surface area contributed by atoms with E-state index in [1.54, 1.807) is 5.56 Å². The fourth-order valence-electron chi connectivity index (χ4n) is 4.73. The van der Waals surface area contributed by atoms with Gasteiger partial charge in [-0.25, -0.2) is 0 Å². The Labute approximate surface area is 121 Å². The van der Waals surface area contributed by atoms with Crippen LogP contribution in [0.3, 0.4) is 0 Å². The van der Waals surface area contributed by atoms with E-state index in [1.807, 2.05) is 0 Å². The van der Waals surface area contributed by atoms with E-state index in [2.05, 4.69) is 54.6 Å². The number of nitrogens with one attached hydrogen (secondary N) is 2. The van der Waals surface area contributed by atoms with Crippen LogP contribution in [0.2, 0.25) is 0 Å². The smallest absolute Gasteiger partial charge is 0.0456 e. The molecule has 2 fully saturated rings. The number of H-pyrrole nitrogens is 1. The minimum absolute atomic E-state index is 0.576. The van der Waals surface area contributed by atoms with E-state index in [1.165, 1.54) is 30.2 Å². The molecule has 4 atom stereocenters. The molecule has 0 unspecified atom stereocenters. The van der Waals surface area contributed by atoms with Crippen LogP contribution in [0.25, 0.3) is 10.9 Å². The van der Waals surface area contributed by atoms with Crippen molar-refractivity contribution in [3.63, 3.8) is 0 Å². The normalized spacial score (nSPS) is 32.5. The first-order valence-electron chi connectivity index (χ1n) is 8.06. The summed E-state index contributed by atoms with van der Waals surface area (Å²) in [5, 5.41) is 5.29. The molecule has 2 nitrogen and oxygen atoms in total. The molecule has 0 spiro atoms. The minimum Gasteiger partial charge on any atom is -0.361 e. The van der Waals surface area contributed by atoms with Crippen molar-refractivity contribution in [3.8, 4) is 0 Å². The monoisotopic (exact) mass is 268 g/mol. The third-order valence-electron chi connectivity index (χ3n) is 5.42. The van der Waals surface area contributed by atoms with Gasteiger partial charge in [-0.05, 0) is 42.7 Å². The molecule has 2 heteroatoms. The Morgan fingerprint density at radius 2 is 1.95 bits per heavy atom. The van der Waals surface area contributed by atoms with Crippen molar-refractivity contribution in [1.82, 2.24) is 10.3 Å². The predicted molar refractivity (Wildman–Crippen MR) is 83.9 cm³/mol. The SMILES string of the molecule is CC(C)N[C@H]1[C@H]2CC[C@H](C2)[C@@H]1c1c[nH]c2ccccc12. The number of para-hydroxylation sites is 1. The van der Waals surface area contributed by atoms with E-state index in [0.717, 1.165) is 11.8 Å². The summed E-state index contributed by atoms with van der Waals surface area (Å²) >= 11 is 0. The molecule has 2 aliphatic carbocycles. The van der Waals surface area contributed by atoms with Crippen molar-refractivity contribution in [2.75, 3.05) is 0 Å². The maximum atomic E-state index is 3.86. The number of hydrogen-bond acceptors (Lipinski definition) is 1. The van der Waals surface area contributed by atoms with E-state index in [9.17, 15) is 0 Å².